The van der Waals surface area contributed by atoms with Crippen molar-refractivity contribution in [1.82, 2.24) is 9.97 Å². The van der Waals surface area contributed by atoms with E-state index in [9.17, 15) is 18.3 Å². The summed E-state index contributed by atoms with van der Waals surface area (Å²) in [7, 11) is 0.635. The van der Waals surface area contributed by atoms with Crippen LogP contribution in [0.4, 0.5) is 0 Å². The molecule has 0 radical (unpaired) electrons. The maximum absolute atomic E-state index is 11.0. The van der Waals surface area contributed by atoms with Crippen LogP contribution in [0.3, 0.4) is 0 Å². The summed E-state index contributed by atoms with van der Waals surface area (Å²) >= 11 is 0. The van der Waals surface area contributed by atoms with Crippen molar-refractivity contribution in [3.8, 4) is 0 Å². The summed E-state index contributed by atoms with van der Waals surface area (Å²) in [4.78, 5) is 16.9. The number of likely N-dealkylation sites (N-methyl/N-ethyl adjacent to an activating group) is 1. The Labute approximate surface area is 105 Å². The minimum atomic E-state index is -4.41. The quantitative estimate of drug-likeness (QED) is 0.475. The molecular weight excluding hydrogens is 262 g/mol. The summed E-state index contributed by atoms with van der Waals surface area (Å²) in [5.41, 5.74) is 0.296. The van der Waals surface area contributed by atoms with Crippen molar-refractivity contribution in [1.29, 1.82) is 0 Å². The van der Waals surface area contributed by atoms with E-state index in [0.717, 1.165) is 0 Å². The Morgan fingerprint density at radius 1 is 1.56 bits per heavy atom. The lowest BCUT2D eigenvalue weighted by molar-refractivity contribution is -0.889. The first kappa shape index (κ1) is 14.6. The van der Waals surface area contributed by atoms with Crippen LogP contribution in [-0.4, -0.2) is 60.6 Å². The van der Waals surface area contributed by atoms with Crippen LogP contribution in [0.25, 0.3) is 0 Å². The van der Waals surface area contributed by atoms with Gasteiger partial charge in [-0.05, 0) is 0 Å². The van der Waals surface area contributed by atoms with Gasteiger partial charge in [0.1, 0.15) is 6.04 Å². The van der Waals surface area contributed by atoms with Crippen molar-refractivity contribution >= 4 is 16.1 Å². The Hall–Kier alpha value is -1.45. The van der Waals surface area contributed by atoms with Crippen molar-refractivity contribution in [3.63, 3.8) is 0 Å². The third-order valence-corrected chi connectivity index (χ3v) is 3.17. The molecule has 0 aromatic carbocycles. The maximum Gasteiger partial charge on any atom is 0.328 e. The van der Waals surface area contributed by atoms with Gasteiger partial charge in [0, 0.05) is 18.3 Å². The zero-order chi connectivity index (χ0) is 14.1. The van der Waals surface area contributed by atoms with Gasteiger partial charge in [-0.2, -0.15) is 8.42 Å². The normalized spacial score (nSPS) is 14.4. The van der Waals surface area contributed by atoms with Gasteiger partial charge in [-0.3, -0.25) is 4.55 Å². The van der Waals surface area contributed by atoms with Gasteiger partial charge in [0.25, 0.3) is 5.16 Å². The fourth-order valence-corrected chi connectivity index (χ4v) is 1.90. The molecule has 0 saturated carbocycles. The molecule has 0 spiro atoms. The van der Waals surface area contributed by atoms with E-state index < -0.39 is 27.3 Å². The number of nitrogens with one attached hydrogen (secondary N) is 1. The number of imidazole rings is 1. The van der Waals surface area contributed by atoms with Gasteiger partial charge in [0.05, 0.1) is 27.1 Å². The Kier molecular flexibility index (Phi) is 3.79. The molecule has 1 atom stereocenters. The second kappa shape index (κ2) is 4.67. The topological polar surface area (TPSA) is 123 Å². The van der Waals surface area contributed by atoms with Gasteiger partial charge in [-0.25, -0.2) is 4.98 Å². The molecule has 0 unspecified atom stereocenters. The van der Waals surface area contributed by atoms with Gasteiger partial charge in [-0.1, -0.05) is 0 Å². The third kappa shape index (κ3) is 3.52. The van der Waals surface area contributed by atoms with Crippen LogP contribution in [0.1, 0.15) is 5.69 Å². The van der Waals surface area contributed by atoms with Crippen molar-refractivity contribution in [2.24, 2.45) is 0 Å². The average molecular weight is 277 g/mol. The Balaban J connectivity index is 2.97. The van der Waals surface area contributed by atoms with Gasteiger partial charge < -0.3 is 19.4 Å². The van der Waals surface area contributed by atoms with Crippen LogP contribution < -0.4 is 5.11 Å². The molecule has 1 aromatic rings. The van der Waals surface area contributed by atoms with E-state index in [1.165, 1.54) is 6.20 Å². The van der Waals surface area contributed by atoms with E-state index in [-0.39, 0.29) is 10.9 Å². The Morgan fingerprint density at radius 2 is 2.11 bits per heavy atom. The molecule has 1 heterocycles. The SMILES string of the molecule is C[N+](C)(C)[C@@H](Cc1cnc(S(=O)(=O)O)[nH]1)C(=O)[O-]. The number of carboxylic acid groups (broad SMARTS) is 1. The van der Waals surface area contributed by atoms with Crippen LogP contribution >= 0.6 is 0 Å². The number of carbonyl (C=O) groups is 1. The molecule has 9 heteroatoms. The van der Waals surface area contributed by atoms with Crippen LogP contribution in [-0.2, 0) is 21.3 Å². The van der Waals surface area contributed by atoms with Crippen LogP contribution in [0.15, 0.2) is 11.4 Å². The fraction of sp³-hybridized carbons (Fsp3) is 0.556. The Morgan fingerprint density at radius 3 is 2.44 bits per heavy atom. The zero-order valence-electron chi connectivity index (χ0n) is 10.2. The van der Waals surface area contributed by atoms with Gasteiger partial charge >= 0.3 is 10.1 Å². The minimum absolute atomic E-state index is 0.0222. The molecule has 0 saturated heterocycles. The predicted molar refractivity (Wildman–Crippen MR) is 58.9 cm³/mol. The van der Waals surface area contributed by atoms with E-state index >= 15 is 0 Å². The second-order valence-corrected chi connectivity index (χ2v) is 6.18. The zero-order valence-corrected chi connectivity index (χ0v) is 11.1. The maximum atomic E-state index is 11.0. The van der Waals surface area contributed by atoms with E-state index in [1.807, 2.05) is 0 Å². The first-order chi connectivity index (χ1) is 8.01. The summed E-state index contributed by atoms with van der Waals surface area (Å²) in [6.45, 7) is 0. The highest BCUT2D eigenvalue weighted by Gasteiger charge is 2.27. The molecule has 0 amide bonds. The molecule has 0 aliphatic rings. The van der Waals surface area contributed by atoms with Gasteiger partial charge in [0.15, 0.2) is 0 Å². The number of hydrogen-bond acceptors (Lipinski definition) is 5. The van der Waals surface area contributed by atoms with E-state index in [0.29, 0.717) is 5.69 Å². The first-order valence-electron chi connectivity index (χ1n) is 5.05. The number of nitrogens with zero attached hydrogens (tertiary/aromatic N) is 2. The molecule has 18 heavy (non-hydrogen) atoms. The second-order valence-electron chi connectivity index (χ2n) is 4.84. The van der Waals surface area contributed by atoms with Gasteiger partial charge in [0.2, 0.25) is 0 Å². The molecule has 0 bridgehead atoms. The van der Waals surface area contributed by atoms with Crippen LogP contribution in [0.5, 0.6) is 0 Å². The molecule has 102 valence electrons. The highest BCUT2D eigenvalue weighted by molar-refractivity contribution is 7.85. The lowest BCUT2D eigenvalue weighted by Gasteiger charge is -2.34. The third-order valence-electron chi connectivity index (χ3n) is 2.47. The molecule has 0 aliphatic carbocycles. The predicted octanol–water partition coefficient (Wildman–Crippen LogP) is -1.98. The number of rotatable bonds is 5. The van der Waals surface area contributed by atoms with Gasteiger partial charge in [-0.15, -0.1) is 0 Å². The largest absolute Gasteiger partial charge is 0.544 e. The Bertz CT molecular complexity index is 543. The van der Waals surface area contributed by atoms with E-state index in [1.54, 1.807) is 21.1 Å². The van der Waals surface area contributed by atoms with E-state index in [4.69, 9.17) is 4.55 Å². The fourth-order valence-electron chi connectivity index (χ4n) is 1.46. The minimum Gasteiger partial charge on any atom is -0.544 e. The van der Waals surface area contributed by atoms with Crippen molar-refractivity contribution in [2.75, 3.05) is 21.1 Å². The van der Waals surface area contributed by atoms with Crippen molar-refractivity contribution < 1.29 is 27.4 Å². The highest BCUT2D eigenvalue weighted by atomic mass is 32.2. The summed E-state index contributed by atoms with van der Waals surface area (Å²) in [6, 6.07) is -0.861. The standard InChI is InChI=1S/C9H15N3O5S/c1-12(2,3)7(8(13)14)4-6-5-10-9(11-6)18(15,16)17/h5,7H,4H2,1-3H3,(H2-,10,11,13,14,15,16,17)/t7-/m0/s1. The number of quaternary nitrogens is 1. The molecule has 0 aliphatic heterocycles. The monoisotopic (exact) mass is 277 g/mol. The molecule has 0 fully saturated rings. The molecule has 2 N–H and O–H groups in total. The lowest BCUT2D eigenvalue weighted by atomic mass is 10.1. The number of aromatic nitrogens is 2. The number of aliphatic carboxylic acids is 1. The van der Waals surface area contributed by atoms with Crippen molar-refractivity contribution in [2.45, 2.75) is 17.6 Å². The van der Waals surface area contributed by atoms with Crippen LogP contribution in [0.2, 0.25) is 0 Å². The average Bonchev–Trinajstić information content (AvgIpc) is 2.58. The van der Waals surface area contributed by atoms with Crippen molar-refractivity contribution in [3.05, 3.63) is 11.9 Å². The summed E-state index contributed by atoms with van der Waals surface area (Å²) < 4.78 is 30.4. The summed E-state index contributed by atoms with van der Waals surface area (Å²) in [6.07, 6.45) is 1.20. The summed E-state index contributed by atoms with van der Waals surface area (Å²) in [5.74, 6) is -1.24. The number of carbonyl (C=O) groups excluding carboxylic acids is 1. The first-order valence-corrected chi connectivity index (χ1v) is 6.49. The molecular formula is C9H15N3O5S. The number of hydrogen-bond donors (Lipinski definition) is 2. The number of carboxylic acids is 1. The molecule has 1 rings (SSSR count). The lowest BCUT2D eigenvalue weighted by Crippen LogP contribution is -2.55. The highest BCUT2D eigenvalue weighted by Crippen LogP contribution is 2.11. The van der Waals surface area contributed by atoms with E-state index in [2.05, 4.69) is 9.97 Å². The van der Waals surface area contributed by atoms with Crippen LogP contribution in [0, 0.1) is 0 Å². The molecule has 1 aromatic heterocycles. The smallest absolute Gasteiger partial charge is 0.328 e. The summed E-state index contributed by atoms with van der Waals surface area (Å²) in [5, 5.41) is 10.4. The molecule has 8 nitrogen and oxygen atoms in total. The number of aromatic amines is 1. The number of H-pyrrole nitrogens is 1.